The molecule has 5 N–H and O–H groups in total. The Balaban J connectivity index is 2.20. The van der Waals surface area contributed by atoms with Crippen molar-refractivity contribution in [3.05, 3.63) is 0 Å². The molecule has 8 nitrogen and oxygen atoms in total. The van der Waals surface area contributed by atoms with Crippen LogP contribution in [0.3, 0.4) is 0 Å². The number of nitrogens with two attached hydrogens (primary N) is 2. The average Bonchev–Trinajstić information content (AvgIpc) is 3.06. The minimum atomic E-state index is -1.05. The molecular formula is C22H38N4O4. The summed E-state index contributed by atoms with van der Waals surface area (Å²) >= 11 is 0. The van der Waals surface area contributed by atoms with Crippen LogP contribution in [-0.4, -0.2) is 53.1 Å². The van der Waals surface area contributed by atoms with Crippen molar-refractivity contribution in [2.45, 2.75) is 84.8 Å². The highest BCUT2D eigenvalue weighted by molar-refractivity contribution is 6.37. The number of Topliss-reactive ketones (excluding diaryl/α,β-unsaturated/α-hetero) is 1. The van der Waals surface area contributed by atoms with E-state index in [4.69, 9.17) is 11.5 Å². The van der Waals surface area contributed by atoms with Gasteiger partial charge in [0, 0.05) is 6.54 Å². The lowest BCUT2D eigenvalue weighted by atomic mass is 9.80. The second-order valence-electron chi connectivity index (χ2n) is 10.4. The van der Waals surface area contributed by atoms with Crippen molar-refractivity contribution in [3.8, 4) is 0 Å². The summed E-state index contributed by atoms with van der Waals surface area (Å²) in [6, 6.07) is -2.38. The normalized spacial score (nSPS) is 24.3. The molecule has 170 valence electrons. The summed E-state index contributed by atoms with van der Waals surface area (Å²) in [5.41, 5.74) is 11.0. The van der Waals surface area contributed by atoms with Crippen LogP contribution >= 0.6 is 0 Å². The van der Waals surface area contributed by atoms with Crippen molar-refractivity contribution in [2.75, 3.05) is 6.54 Å². The molecule has 1 heterocycles. The third kappa shape index (κ3) is 5.59. The van der Waals surface area contributed by atoms with Crippen LogP contribution < -0.4 is 16.8 Å². The molecule has 0 bridgehead atoms. The van der Waals surface area contributed by atoms with Crippen LogP contribution in [0.4, 0.5) is 0 Å². The van der Waals surface area contributed by atoms with Gasteiger partial charge in [0.25, 0.3) is 5.91 Å². The van der Waals surface area contributed by atoms with Gasteiger partial charge in [-0.3, -0.25) is 19.2 Å². The molecule has 1 aliphatic heterocycles. The fourth-order valence-corrected chi connectivity index (χ4v) is 4.13. The highest BCUT2D eigenvalue weighted by atomic mass is 16.2. The average molecular weight is 423 g/mol. The number of hydrogen-bond donors (Lipinski definition) is 3. The van der Waals surface area contributed by atoms with Crippen LogP contribution in [0.25, 0.3) is 0 Å². The van der Waals surface area contributed by atoms with Gasteiger partial charge in [-0.2, -0.15) is 0 Å². The Morgan fingerprint density at radius 2 is 1.73 bits per heavy atom. The number of primary amides is 1. The summed E-state index contributed by atoms with van der Waals surface area (Å²) in [5.74, 6) is -1.74. The van der Waals surface area contributed by atoms with Gasteiger partial charge in [0.2, 0.25) is 17.6 Å². The molecule has 2 fully saturated rings. The fraction of sp³-hybridized carbons (Fsp3) is 0.818. The van der Waals surface area contributed by atoms with Gasteiger partial charge in [-0.1, -0.05) is 53.9 Å². The molecular weight excluding hydrogens is 384 g/mol. The van der Waals surface area contributed by atoms with Crippen LogP contribution in [0.15, 0.2) is 0 Å². The van der Waals surface area contributed by atoms with E-state index in [0.29, 0.717) is 31.2 Å². The first-order valence-electron chi connectivity index (χ1n) is 11.0. The van der Waals surface area contributed by atoms with E-state index in [2.05, 4.69) is 19.2 Å². The molecule has 0 spiro atoms. The number of amides is 3. The van der Waals surface area contributed by atoms with Gasteiger partial charge in [0.1, 0.15) is 6.04 Å². The van der Waals surface area contributed by atoms with E-state index in [0.717, 1.165) is 19.3 Å². The third-order valence-electron chi connectivity index (χ3n) is 6.73. The van der Waals surface area contributed by atoms with E-state index in [1.165, 1.54) is 0 Å². The Morgan fingerprint density at radius 1 is 1.13 bits per heavy atom. The van der Waals surface area contributed by atoms with Crippen molar-refractivity contribution in [2.24, 2.45) is 34.6 Å². The molecule has 0 radical (unpaired) electrons. The van der Waals surface area contributed by atoms with E-state index in [-0.39, 0.29) is 11.8 Å². The Labute approximate surface area is 179 Å². The highest BCUT2D eigenvalue weighted by Gasteiger charge is 2.44. The molecule has 0 aromatic rings. The summed E-state index contributed by atoms with van der Waals surface area (Å²) < 4.78 is 0. The van der Waals surface area contributed by atoms with Crippen LogP contribution in [0.2, 0.25) is 0 Å². The molecule has 3 amide bonds. The molecule has 1 aliphatic carbocycles. The Bertz CT molecular complexity index is 681. The summed E-state index contributed by atoms with van der Waals surface area (Å²) in [6.07, 6.45) is 3.95. The minimum Gasteiger partial charge on any atom is -0.363 e. The zero-order valence-electron chi connectivity index (χ0n) is 18.9. The summed E-state index contributed by atoms with van der Waals surface area (Å²) in [7, 11) is 0. The second kappa shape index (κ2) is 9.45. The summed E-state index contributed by atoms with van der Waals surface area (Å²) in [4.78, 5) is 51.6. The maximum Gasteiger partial charge on any atom is 0.287 e. The number of rotatable bonds is 8. The molecule has 4 atom stereocenters. The van der Waals surface area contributed by atoms with Crippen molar-refractivity contribution >= 4 is 23.5 Å². The van der Waals surface area contributed by atoms with Crippen LogP contribution in [0.5, 0.6) is 0 Å². The number of nitrogens with zero attached hydrogens (tertiary/aromatic N) is 1. The maximum atomic E-state index is 13.2. The Hall–Kier alpha value is -1.96. The zero-order valence-corrected chi connectivity index (χ0v) is 18.9. The predicted octanol–water partition coefficient (Wildman–Crippen LogP) is 0.962. The Morgan fingerprint density at radius 3 is 2.17 bits per heavy atom. The lowest BCUT2D eigenvalue weighted by Crippen LogP contribution is -2.57. The second-order valence-corrected chi connectivity index (χ2v) is 10.4. The zero-order chi connectivity index (χ0) is 22.8. The number of hydrogen-bond acceptors (Lipinski definition) is 5. The van der Waals surface area contributed by atoms with Crippen molar-refractivity contribution in [3.63, 3.8) is 0 Å². The van der Waals surface area contributed by atoms with Gasteiger partial charge in [0.05, 0.1) is 12.1 Å². The van der Waals surface area contributed by atoms with E-state index < -0.39 is 41.1 Å². The SMILES string of the molecule is CC(C)[C@@H]1C[C@@H](C(=O)NC(CC2CCC2)C(=O)C(N)=O)N(C(=O)[C@@H](N)C(C)(C)C)C1. The molecule has 8 heteroatoms. The largest absolute Gasteiger partial charge is 0.363 e. The van der Waals surface area contributed by atoms with Crippen LogP contribution in [0.1, 0.15) is 66.7 Å². The summed E-state index contributed by atoms with van der Waals surface area (Å²) in [5, 5.41) is 2.74. The standard InChI is InChI=1S/C22H38N4O4/c1-12(2)14-10-16(26(11-14)21(30)18(23)22(3,4)5)20(29)25-15(17(27)19(24)28)9-13-7-6-8-13/h12-16,18H,6-11,23H2,1-5H3,(H2,24,28)(H,25,29)/t14-,15?,16+,18-/m1/s1. The molecule has 0 aromatic carbocycles. The quantitative estimate of drug-likeness (QED) is 0.501. The van der Waals surface area contributed by atoms with Gasteiger partial charge >= 0.3 is 0 Å². The van der Waals surface area contributed by atoms with E-state index >= 15 is 0 Å². The predicted molar refractivity (Wildman–Crippen MR) is 114 cm³/mol. The van der Waals surface area contributed by atoms with Crippen LogP contribution in [-0.2, 0) is 19.2 Å². The molecule has 1 saturated carbocycles. The first-order chi connectivity index (χ1) is 13.8. The Kier molecular flexibility index (Phi) is 7.66. The summed E-state index contributed by atoms with van der Waals surface area (Å²) in [6.45, 7) is 10.2. The van der Waals surface area contributed by atoms with Crippen molar-refractivity contribution < 1.29 is 19.2 Å². The smallest absolute Gasteiger partial charge is 0.287 e. The molecule has 1 saturated heterocycles. The number of ketones is 1. The topological polar surface area (TPSA) is 136 Å². The third-order valence-corrected chi connectivity index (χ3v) is 6.73. The molecule has 30 heavy (non-hydrogen) atoms. The van der Waals surface area contributed by atoms with Crippen molar-refractivity contribution in [1.82, 2.24) is 10.2 Å². The number of carbonyl (C=O) groups excluding carboxylic acids is 4. The van der Waals surface area contributed by atoms with Crippen molar-refractivity contribution in [1.29, 1.82) is 0 Å². The van der Waals surface area contributed by atoms with E-state index in [1.807, 2.05) is 20.8 Å². The number of likely N-dealkylation sites (tertiary alicyclic amines) is 1. The molecule has 2 rings (SSSR count). The molecule has 0 aromatic heterocycles. The molecule has 1 unspecified atom stereocenters. The fourth-order valence-electron chi connectivity index (χ4n) is 4.13. The van der Waals surface area contributed by atoms with Gasteiger partial charge in [0.15, 0.2) is 0 Å². The van der Waals surface area contributed by atoms with Gasteiger partial charge in [-0.15, -0.1) is 0 Å². The minimum absolute atomic E-state index is 0.161. The van der Waals surface area contributed by atoms with Gasteiger partial charge < -0.3 is 21.7 Å². The first-order valence-corrected chi connectivity index (χ1v) is 11.0. The first kappa shape index (κ1) is 24.3. The van der Waals surface area contributed by atoms with E-state index in [9.17, 15) is 19.2 Å². The van der Waals surface area contributed by atoms with E-state index in [1.54, 1.807) is 4.90 Å². The lowest BCUT2D eigenvalue weighted by Gasteiger charge is -2.34. The molecule has 2 aliphatic rings. The lowest BCUT2D eigenvalue weighted by molar-refractivity contribution is -0.143. The maximum absolute atomic E-state index is 13.2. The number of nitrogens with one attached hydrogen (secondary N) is 1. The van der Waals surface area contributed by atoms with Gasteiger partial charge in [-0.25, -0.2) is 0 Å². The van der Waals surface area contributed by atoms with Gasteiger partial charge in [-0.05, 0) is 36.0 Å². The highest BCUT2D eigenvalue weighted by Crippen LogP contribution is 2.33. The number of carbonyl (C=O) groups is 4. The van der Waals surface area contributed by atoms with Crippen LogP contribution in [0, 0.1) is 23.2 Å². The monoisotopic (exact) mass is 422 g/mol.